The van der Waals surface area contributed by atoms with Crippen LogP contribution in [0.5, 0.6) is 0 Å². The third-order valence-electron chi connectivity index (χ3n) is 2.55. The van der Waals surface area contributed by atoms with Crippen LogP contribution in [0.25, 0.3) is 0 Å². The standard InChI is InChI=1S/C10H10F3NO2S/c11-10(12,13)7-2-3-8-9(6-7)17(15,16)5-1-4-14-8/h2-3,6,14H,1,4-5H2. The Kier molecular flexibility index (Phi) is 2.81. The van der Waals surface area contributed by atoms with E-state index < -0.39 is 21.6 Å². The van der Waals surface area contributed by atoms with E-state index in [-0.39, 0.29) is 16.3 Å². The number of hydrogen-bond acceptors (Lipinski definition) is 3. The summed E-state index contributed by atoms with van der Waals surface area (Å²) in [5.74, 6) is -0.131. The average Bonchev–Trinajstić information content (AvgIpc) is 2.36. The second kappa shape index (κ2) is 3.90. The summed E-state index contributed by atoms with van der Waals surface area (Å²) in [6.07, 6.45) is -4.14. The van der Waals surface area contributed by atoms with Gasteiger partial charge in [-0.25, -0.2) is 8.42 Å². The zero-order valence-corrected chi connectivity index (χ0v) is 9.53. The van der Waals surface area contributed by atoms with E-state index in [4.69, 9.17) is 0 Å². The van der Waals surface area contributed by atoms with Crippen molar-refractivity contribution >= 4 is 15.5 Å². The molecule has 1 N–H and O–H groups in total. The molecular weight excluding hydrogens is 255 g/mol. The highest BCUT2D eigenvalue weighted by molar-refractivity contribution is 7.91. The maximum absolute atomic E-state index is 12.5. The van der Waals surface area contributed by atoms with Gasteiger partial charge < -0.3 is 5.32 Å². The Labute approximate surface area is 96.6 Å². The van der Waals surface area contributed by atoms with E-state index in [2.05, 4.69) is 5.32 Å². The number of nitrogens with one attached hydrogen (secondary N) is 1. The van der Waals surface area contributed by atoms with Crippen molar-refractivity contribution in [1.82, 2.24) is 0 Å². The Bertz CT molecular complexity index is 537. The summed E-state index contributed by atoms with van der Waals surface area (Å²) >= 11 is 0. The van der Waals surface area contributed by atoms with Gasteiger partial charge in [0.1, 0.15) is 0 Å². The number of fused-ring (bicyclic) bond motifs is 1. The average molecular weight is 265 g/mol. The molecular formula is C10H10F3NO2S. The van der Waals surface area contributed by atoms with Crippen molar-refractivity contribution in [3.63, 3.8) is 0 Å². The highest BCUT2D eigenvalue weighted by atomic mass is 32.2. The molecule has 1 aromatic rings. The zero-order valence-electron chi connectivity index (χ0n) is 8.71. The normalized spacial score (nSPS) is 19.0. The van der Waals surface area contributed by atoms with E-state index in [1.54, 1.807) is 0 Å². The molecule has 17 heavy (non-hydrogen) atoms. The van der Waals surface area contributed by atoms with Crippen LogP contribution in [0.15, 0.2) is 23.1 Å². The maximum atomic E-state index is 12.5. The van der Waals surface area contributed by atoms with Gasteiger partial charge in [-0.2, -0.15) is 13.2 Å². The molecule has 1 heterocycles. The van der Waals surface area contributed by atoms with Gasteiger partial charge in [0.15, 0.2) is 9.84 Å². The first-order valence-corrected chi connectivity index (χ1v) is 6.64. The molecule has 0 amide bonds. The van der Waals surface area contributed by atoms with Gasteiger partial charge in [0.25, 0.3) is 0 Å². The summed E-state index contributed by atoms with van der Waals surface area (Å²) in [5, 5.41) is 2.81. The van der Waals surface area contributed by atoms with Crippen molar-refractivity contribution in [2.24, 2.45) is 0 Å². The van der Waals surface area contributed by atoms with Crippen LogP contribution < -0.4 is 5.32 Å². The lowest BCUT2D eigenvalue weighted by Crippen LogP contribution is -2.09. The highest BCUT2D eigenvalue weighted by Crippen LogP contribution is 2.34. The van der Waals surface area contributed by atoms with Crippen molar-refractivity contribution < 1.29 is 21.6 Å². The fourth-order valence-corrected chi connectivity index (χ4v) is 3.22. The molecule has 0 aromatic heterocycles. The predicted octanol–water partition coefficient (Wildman–Crippen LogP) is 2.29. The number of sulfone groups is 1. The molecule has 0 aliphatic carbocycles. The molecule has 0 unspecified atom stereocenters. The lowest BCUT2D eigenvalue weighted by atomic mass is 10.2. The molecule has 7 heteroatoms. The van der Waals surface area contributed by atoms with Crippen LogP contribution >= 0.6 is 0 Å². The summed E-state index contributed by atoms with van der Waals surface area (Å²) in [4.78, 5) is -0.259. The van der Waals surface area contributed by atoms with Gasteiger partial charge in [-0.05, 0) is 24.6 Å². The lowest BCUT2D eigenvalue weighted by molar-refractivity contribution is -0.137. The Hall–Kier alpha value is -1.24. The fraction of sp³-hybridized carbons (Fsp3) is 0.400. The van der Waals surface area contributed by atoms with Crippen LogP contribution in [0, 0.1) is 0 Å². The summed E-state index contributed by atoms with van der Waals surface area (Å²) in [7, 11) is -3.62. The van der Waals surface area contributed by atoms with Crippen LogP contribution in [0.3, 0.4) is 0 Å². The monoisotopic (exact) mass is 265 g/mol. The smallest absolute Gasteiger partial charge is 0.384 e. The first kappa shape index (κ1) is 12.2. The molecule has 0 saturated carbocycles. The van der Waals surface area contributed by atoms with Gasteiger partial charge in [-0.15, -0.1) is 0 Å². The van der Waals surface area contributed by atoms with Crippen LogP contribution in [-0.4, -0.2) is 20.7 Å². The second-order valence-corrected chi connectivity index (χ2v) is 5.89. The van der Waals surface area contributed by atoms with Gasteiger partial charge >= 0.3 is 6.18 Å². The van der Waals surface area contributed by atoms with E-state index in [1.165, 1.54) is 6.07 Å². The van der Waals surface area contributed by atoms with Crippen molar-refractivity contribution in [3.8, 4) is 0 Å². The van der Waals surface area contributed by atoms with Crippen LogP contribution in [0.1, 0.15) is 12.0 Å². The number of alkyl halides is 3. The molecule has 0 spiro atoms. The number of anilines is 1. The van der Waals surface area contributed by atoms with Crippen LogP contribution in [0.2, 0.25) is 0 Å². The minimum absolute atomic E-state index is 0.131. The molecule has 0 bridgehead atoms. The van der Waals surface area contributed by atoms with E-state index in [9.17, 15) is 21.6 Å². The first-order valence-electron chi connectivity index (χ1n) is 4.98. The molecule has 0 fully saturated rings. The first-order chi connectivity index (χ1) is 7.81. The van der Waals surface area contributed by atoms with Crippen molar-refractivity contribution in [1.29, 1.82) is 0 Å². The van der Waals surface area contributed by atoms with Crippen molar-refractivity contribution in [2.75, 3.05) is 17.6 Å². The quantitative estimate of drug-likeness (QED) is 0.783. The minimum atomic E-state index is -4.53. The Morgan fingerprint density at radius 3 is 2.59 bits per heavy atom. The topological polar surface area (TPSA) is 46.2 Å². The van der Waals surface area contributed by atoms with Crippen molar-refractivity contribution in [2.45, 2.75) is 17.5 Å². The predicted molar refractivity (Wildman–Crippen MR) is 56.6 cm³/mol. The Morgan fingerprint density at radius 1 is 1.24 bits per heavy atom. The van der Waals surface area contributed by atoms with Gasteiger partial charge in [0, 0.05) is 6.54 Å². The summed E-state index contributed by atoms with van der Waals surface area (Å²) < 4.78 is 61.0. The summed E-state index contributed by atoms with van der Waals surface area (Å²) in [5.41, 5.74) is -0.695. The number of halogens is 3. The Morgan fingerprint density at radius 2 is 1.94 bits per heavy atom. The summed E-state index contributed by atoms with van der Waals surface area (Å²) in [6, 6.07) is 2.75. The maximum Gasteiger partial charge on any atom is 0.416 e. The zero-order chi connectivity index (χ0) is 12.7. The molecule has 1 aliphatic heterocycles. The highest BCUT2D eigenvalue weighted by Gasteiger charge is 2.33. The molecule has 94 valence electrons. The van der Waals surface area contributed by atoms with E-state index in [0.29, 0.717) is 19.0 Å². The van der Waals surface area contributed by atoms with Gasteiger partial charge in [0.2, 0.25) is 0 Å². The lowest BCUT2D eigenvalue weighted by Gasteiger charge is -2.11. The molecule has 3 nitrogen and oxygen atoms in total. The largest absolute Gasteiger partial charge is 0.416 e. The van der Waals surface area contributed by atoms with Gasteiger partial charge in [-0.3, -0.25) is 0 Å². The number of benzene rings is 1. The summed E-state index contributed by atoms with van der Waals surface area (Å²) in [6.45, 7) is 0.442. The van der Waals surface area contributed by atoms with Crippen LogP contribution in [-0.2, 0) is 16.0 Å². The third-order valence-corrected chi connectivity index (χ3v) is 4.38. The van der Waals surface area contributed by atoms with E-state index >= 15 is 0 Å². The second-order valence-electron chi connectivity index (χ2n) is 3.81. The number of rotatable bonds is 0. The molecule has 0 atom stereocenters. The van der Waals surface area contributed by atoms with Gasteiger partial charge in [0.05, 0.1) is 21.9 Å². The minimum Gasteiger partial charge on any atom is -0.384 e. The molecule has 1 aliphatic rings. The van der Waals surface area contributed by atoms with Crippen molar-refractivity contribution in [3.05, 3.63) is 23.8 Å². The SMILES string of the molecule is O=S1(=O)CCCNc2ccc(C(F)(F)F)cc21. The Balaban J connectivity index is 2.60. The fourth-order valence-electron chi connectivity index (χ4n) is 1.70. The van der Waals surface area contributed by atoms with Crippen LogP contribution in [0.4, 0.5) is 18.9 Å². The molecule has 1 aromatic carbocycles. The number of hydrogen-bond donors (Lipinski definition) is 1. The molecule has 0 saturated heterocycles. The molecule has 0 radical (unpaired) electrons. The van der Waals surface area contributed by atoms with E-state index in [0.717, 1.165) is 6.07 Å². The molecule has 2 rings (SSSR count). The van der Waals surface area contributed by atoms with E-state index in [1.807, 2.05) is 0 Å². The van der Waals surface area contributed by atoms with Gasteiger partial charge in [-0.1, -0.05) is 0 Å². The third kappa shape index (κ3) is 2.38.